The molecule has 0 saturated heterocycles. The summed E-state index contributed by atoms with van der Waals surface area (Å²) in [6.45, 7) is 1.75. The van der Waals surface area contributed by atoms with Gasteiger partial charge in [-0.25, -0.2) is 4.79 Å². The lowest BCUT2D eigenvalue weighted by molar-refractivity contribution is -0.142. The summed E-state index contributed by atoms with van der Waals surface area (Å²) in [7, 11) is 1.45. The Morgan fingerprint density at radius 3 is 2.48 bits per heavy atom. The highest BCUT2D eigenvalue weighted by atomic mass is 16.5. The molecule has 0 aliphatic carbocycles. The van der Waals surface area contributed by atoms with Crippen molar-refractivity contribution < 1.29 is 24.5 Å². The van der Waals surface area contributed by atoms with Crippen molar-refractivity contribution in [2.75, 3.05) is 7.11 Å². The van der Waals surface area contributed by atoms with Gasteiger partial charge < -0.3 is 19.7 Å². The SMILES string of the molecule is COc1cc(/C=C/C(=O)OC(C)c2ccc(O)cc2)ccc1O. The van der Waals surface area contributed by atoms with Crippen LogP contribution in [-0.2, 0) is 9.53 Å². The summed E-state index contributed by atoms with van der Waals surface area (Å²) < 4.78 is 10.3. The van der Waals surface area contributed by atoms with Crippen molar-refractivity contribution in [2.45, 2.75) is 13.0 Å². The number of benzene rings is 2. The number of ether oxygens (including phenoxy) is 2. The molecule has 0 saturated carbocycles. The van der Waals surface area contributed by atoms with Gasteiger partial charge in [-0.05, 0) is 48.4 Å². The normalized spacial score (nSPS) is 12.1. The Labute approximate surface area is 134 Å². The van der Waals surface area contributed by atoms with Crippen LogP contribution in [0, 0.1) is 0 Å². The monoisotopic (exact) mass is 314 g/mol. The molecule has 0 radical (unpaired) electrons. The number of hydrogen-bond acceptors (Lipinski definition) is 5. The lowest BCUT2D eigenvalue weighted by atomic mass is 10.1. The summed E-state index contributed by atoms with van der Waals surface area (Å²) in [5.41, 5.74) is 1.49. The topological polar surface area (TPSA) is 76.0 Å². The Bertz CT molecular complexity index is 704. The van der Waals surface area contributed by atoms with Gasteiger partial charge in [-0.15, -0.1) is 0 Å². The molecule has 2 rings (SSSR count). The van der Waals surface area contributed by atoms with Crippen molar-refractivity contribution in [2.24, 2.45) is 0 Å². The van der Waals surface area contributed by atoms with Crippen LogP contribution in [0.1, 0.15) is 24.2 Å². The average molecular weight is 314 g/mol. The summed E-state index contributed by atoms with van der Waals surface area (Å²) in [6, 6.07) is 11.2. The van der Waals surface area contributed by atoms with E-state index in [-0.39, 0.29) is 11.5 Å². The maximum absolute atomic E-state index is 11.8. The van der Waals surface area contributed by atoms with Gasteiger partial charge in [-0.1, -0.05) is 18.2 Å². The molecule has 0 aromatic heterocycles. The Morgan fingerprint density at radius 2 is 1.83 bits per heavy atom. The van der Waals surface area contributed by atoms with Crippen molar-refractivity contribution in [3.8, 4) is 17.2 Å². The molecular formula is C18H18O5. The molecule has 0 heterocycles. The van der Waals surface area contributed by atoms with E-state index >= 15 is 0 Å². The highest BCUT2D eigenvalue weighted by molar-refractivity contribution is 5.87. The third-order valence-electron chi connectivity index (χ3n) is 3.27. The minimum atomic E-state index is -0.488. The summed E-state index contributed by atoms with van der Waals surface area (Å²) in [6.07, 6.45) is 2.46. The van der Waals surface area contributed by atoms with Gasteiger partial charge in [-0.2, -0.15) is 0 Å². The predicted molar refractivity (Wildman–Crippen MR) is 86.3 cm³/mol. The molecule has 2 aromatic rings. The first-order valence-corrected chi connectivity index (χ1v) is 7.04. The molecule has 5 heteroatoms. The molecule has 0 aliphatic heterocycles. The van der Waals surface area contributed by atoms with E-state index in [0.717, 1.165) is 5.56 Å². The number of carbonyl (C=O) groups excluding carboxylic acids is 1. The average Bonchev–Trinajstić information content (AvgIpc) is 2.54. The number of hydrogen-bond donors (Lipinski definition) is 2. The van der Waals surface area contributed by atoms with Crippen molar-refractivity contribution in [1.82, 2.24) is 0 Å². The predicted octanol–water partition coefficient (Wildman–Crippen LogP) is 3.42. The Morgan fingerprint density at radius 1 is 1.13 bits per heavy atom. The molecule has 1 unspecified atom stereocenters. The number of phenols is 2. The van der Waals surface area contributed by atoms with Gasteiger partial charge in [0.2, 0.25) is 0 Å². The van der Waals surface area contributed by atoms with Gasteiger partial charge in [0.05, 0.1) is 7.11 Å². The molecule has 5 nitrogen and oxygen atoms in total. The molecule has 0 aliphatic rings. The van der Waals surface area contributed by atoms with E-state index < -0.39 is 12.1 Å². The summed E-state index contributed by atoms with van der Waals surface area (Å²) in [5.74, 6) is 0.0391. The van der Waals surface area contributed by atoms with Crippen LogP contribution in [-0.4, -0.2) is 23.3 Å². The number of methoxy groups -OCH3 is 1. The fraction of sp³-hybridized carbons (Fsp3) is 0.167. The minimum absolute atomic E-state index is 0.0354. The van der Waals surface area contributed by atoms with Gasteiger partial charge in [0.25, 0.3) is 0 Å². The third kappa shape index (κ3) is 4.51. The smallest absolute Gasteiger partial charge is 0.331 e. The van der Waals surface area contributed by atoms with Gasteiger partial charge in [0.1, 0.15) is 11.9 Å². The second-order valence-electron chi connectivity index (χ2n) is 4.94. The van der Waals surface area contributed by atoms with E-state index in [4.69, 9.17) is 9.47 Å². The standard InChI is InChI=1S/C18H18O5/c1-12(14-5-7-15(19)8-6-14)23-18(21)10-4-13-3-9-16(20)17(11-13)22-2/h3-12,19-20H,1-2H3/b10-4+. The van der Waals surface area contributed by atoms with Crippen LogP contribution in [0.25, 0.3) is 6.08 Å². The van der Waals surface area contributed by atoms with Crippen molar-refractivity contribution >= 4 is 12.0 Å². The number of esters is 1. The zero-order valence-electron chi connectivity index (χ0n) is 12.9. The number of rotatable bonds is 5. The molecule has 2 N–H and O–H groups in total. The molecule has 23 heavy (non-hydrogen) atoms. The Kier molecular flexibility index (Phi) is 5.25. The van der Waals surface area contributed by atoms with E-state index in [1.807, 2.05) is 0 Å². The maximum Gasteiger partial charge on any atom is 0.331 e. The van der Waals surface area contributed by atoms with E-state index in [0.29, 0.717) is 11.3 Å². The first kappa shape index (κ1) is 16.4. The summed E-state index contributed by atoms with van der Waals surface area (Å²) >= 11 is 0. The third-order valence-corrected chi connectivity index (χ3v) is 3.27. The largest absolute Gasteiger partial charge is 0.508 e. The highest BCUT2D eigenvalue weighted by Gasteiger charge is 2.09. The second-order valence-corrected chi connectivity index (χ2v) is 4.94. The minimum Gasteiger partial charge on any atom is -0.508 e. The fourth-order valence-electron chi connectivity index (χ4n) is 1.99. The van der Waals surface area contributed by atoms with Crippen LogP contribution in [0.15, 0.2) is 48.5 Å². The van der Waals surface area contributed by atoms with Crippen LogP contribution in [0.4, 0.5) is 0 Å². The quantitative estimate of drug-likeness (QED) is 0.653. The van der Waals surface area contributed by atoms with Crippen molar-refractivity contribution in [3.63, 3.8) is 0 Å². The zero-order valence-corrected chi connectivity index (χ0v) is 12.9. The van der Waals surface area contributed by atoms with Crippen LogP contribution in [0.3, 0.4) is 0 Å². The molecule has 1 atom stereocenters. The van der Waals surface area contributed by atoms with Gasteiger partial charge in [0.15, 0.2) is 11.5 Å². The van der Waals surface area contributed by atoms with E-state index in [9.17, 15) is 15.0 Å². The number of carbonyl (C=O) groups is 1. The van der Waals surface area contributed by atoms with Crippen molar-refractivity contribution in [1.29, 1.82) is 0 Å². The maximum atomic E-state index is 11.8. The summed E-state index contributed by atoms with van der Waals surface area (Å²) in [5, 5.41) is 18.8. The molecule has 120 valence electrons. The molecule has 0 spiro atoms. The van der Waals surface area contributed by atoms with Crippen LogP contribution in [0.5, 0.6) is 17.2 Å². The summed E-state index contributed by atoms with van der Waals surface area (Å²) in [4.78, 5) is 11.8. The second kappa shape index (κ2) is 7.35. The molecule has 0 amide bonds. The fourth-order valence-corrected chi connectivity index (χ4v) is 1.99. The molecule has 0 fully saturated rings. The van der Waals surface area contributed by atoms with Gasteiger partial charge in [0, 0.05) is 6.08 Å². The van der Waals surface area contributed by atoms with Crippen molar-refractivity contribution in [3.05, 3.63) is 59.7 Å². The number of phenolic OH excluding ortho intramolecular Hbond substituents is 2. The van der Waals surface area contributed by atoms with Gasteiger partial charge in [-0.3, -0.25) is 0 Å². The van der Waals surface area contributed by atoms with Crippen LogP contribution >= 0.6 is 0 Å². The molecule has 2 aromatic carbocycles. The van der Waals surface area contributed by atoms with E-state index in [2.05, 4.69) is 0 Å². The van der Waals surface area contributed by atoms with Gasteiger partial charge >= 0.3 is 5.97 Å². The zero-order chi connectivity index (χ0) is 16.8. The molecule has 0 bridgehead atoms. The first-order valence-electron chi connectivity index (χ1n) is 7.04. The Hall–Kier alpha value is -2.95. The Balaban J connectivity index is 2.00. The van der Waals surface area contributed by atoms with Crippen LogP contribution < -0.4 is 4.74 Å². The highest BCUT2D eigenvalue weighted by Crippen LogP contribution is 2.27. The lowest BCUT2D eigenvalue weighted by Gasteiger charge is -2.12. The van der Waals surface area contributed by atoms with E-state index in [1.54, 1.807) is 37.3 Å². The number of aromatic hydroxyl groups is 2. The van der Waals surface area contributed by atoms with Crippen LogP contribution in [0.2, 0.25) is 0 Å². The molecular weight excluding hydrogens is 296 g/mol. The first-order chi connectivity index (χ1) is 11.0. The van der Waals surface area contributed by atoms with E-state index in [1.165, 1.54) is 31.4 Å². The lowest BCUT2D eigenvalue weighted by Crippen LogP contribution is -2.05.